The predicted molar refractivity (Wildman–Crippen MR) is 304 cm³/mol. The van der Waals surface area contributed by atoms with Crippen molar-refractivity contribution in [2.24, 2.45) is 0 Å². The van der Waals surface area contributed by atoms with Crippen molar-refractivity contribution in [3.05, 3.63) is 143 Å². The zero-order chi connectivity index (χ0) is 51.7. The van der Waals surface area contributed by atoms with Gasteiger partial charge < -0.3 is 18.9 Å². The molecule has 0 saturated carbocycles. The molecule has 0 spiro atoms. The van der Waals surface area contributed by atoms with E-state index in [1.165, 1.54) is 125 Å². The largest absolute Gasteiger partial charge is 0.493 e. The molecular formula is C66H94N4O4+2. The van der Waals surface area contributed by atoms with Crippen LogP contribution < -0.4 is 28.1 Å². The highest BCUT2D eigenvalue weighted by atomic mass is 16.5. The van der Waals surface area contributed by atoms with Crippen LogP contribution >= 0.6 is 0 Å². The van der Waals surface area contributed by atoms with Crippen LogP contribution in [0.3, 0.4) is 0 Å². The molecule has 0 N–H and O–H groups in total. The van der Waals surface area contributed by atoms with E-state index in [2.05, 4.69) is 158 Å². The first kappa shape index (κ1) is 56.2. The van der Waals surface area contributed by atoms with Crippen molar-refractivity contribution in [3.63, 3.8) is 0 Å². The fourth-order valence-corrected chi connectivity index (χ4v) is 10.7. The van der Waals surface area contributed by atoms with Gasteiger partial charge in [0.15, 0.2) is 0 Å². The van der Waals surface area contributed by atoms with Gasteiger partial charge in [0, 0.05) is 47.9 Å². The average Bonchev–Trinajstić information content (AvgIpc) is 4.10. The molecule has 0 fully saturated rings. The molecule has 7 rings (SSSR count). The second kappa shape index (κ2) is 30.8. The summed E-state index contributed by atoms with van der Waals surface area (Å²) in [6, 6.07) is 23.0. The van der Waals surface area contributed by atoms with Gasteiger partial charge in [-0.05, 0) is 97.9 Å². The fourth-order valence-electron chi connectivity index (χ4n) is 10.7. The summed E-state index contributed by atoms with van der Waals surface area (Å²) in [6.45, 7) is 18.0. The number of imidazole rings is 2. The van der Waals surface area contributed by atoms with Gasteiger partial charge in [-0.2, -0.15) is 0 Å². The number of hydrogen-bond donors (Lipinski definition) is 0. The Hall–Kier alpha value is -5.50. The SMILES string of the molecule is CCCCCCCCCC[n+]1ccn(-c2cc3c(OCCC)c(c2)Cc2cccc(c2OCCC)Cc2cc(-n4cc[n+](CCCCCCCCCC)c4)cc(c2OCCC)Cc2cccc(c2OCCC)C3)c1. The maximum absolute atomic E-state index is 6.93. The summed E-state index contributed by atoms with van der Waals surface area (Å²) in [5.74, 6) is 3.88. The Labute approximate surface area is 447 Å². The van der Waals surface area contributed by atoms with Gasteiger partial charge in [-0.3, -0.25) is 0 Å². The number of aryl methyl sites for hydroxylation is 2. The molecule has 0 radical (unpaired) electrons. The lowest BCUT2D eigenvalue weighted by Crippen LogP contribution is -2.30. The second-order valence-electron chi connectivity index (χ2n) is 21.2. The number of ether oxygens (including phenoxy) is 4. The van der Waals surface area contributed by atoms with E-state index < -0.39 is 0 Å². The highest BCUT2D eigenvalue weighted by Crippen LogP contribution is 2.41. The molecule has 0 amide bonds. The van der Waals surface area contributed by atoms with Crippen molar-refractivity contribution in [3.8, 4) is 34.4 Å². The van der Waals surface area contributed by atoms with Crippen molar-refractivity contribution in [1.29, 1.82) is 0 Å². The summed E-state index contributed by atoms with van der Waals surface area (Å²) >= 11 is 0. The molecule has 8 heteroatoms. The third kappa shape index (κ3) is 16.3. The minimum atomic E-state index is 0.637. The number of fused-ring (bicyclic) bond motifs is 8. The van der Waals surface area contributed by atoms with Crippen LogP contribution in [0.15, 0.2) is 98.1 Å². The minimum Gasteiger partial charge on any atom is -0.493 e. The fraction of sp³-hybridized carbons (Fsp3) is 0.545. The number of hydrogen-bond acceptors (Lipinski definition) is 4. The molecule has 0 aliphatic heterocycles. The second-order valence-corrected chi connectivity index (χ2v) is 21.2. The Bertz CT molecular complexity index is 2320. The van der Waals surface area contributed by atoms with Gasteiger partial charge in [0.1, 0.15) is 59.2 Å². The Balaban J connectivity index is 1.32. The molecule has 8 nitrogen and oxygen atoms in total. The number of para-hydroxylation sites is 2. The molecule has 0 saturated heterocycles. The van der Waals surface area contributed by atoms with Crippen molar-refractivity contribution in [2.45, 2.75) is 209 Å². The quantitative estimate of drug-likeness (QED) is 0.0312. The van der Waals surface area contributed by atoms with Gasteiger partial charge in [-0.15, -0.1) is 0 Å². The molecule has 1 aliphatic rings. The Morgan fingerprint density at radius 3 is 0.932 bits per heavy atom. The highest BCUT2D eigenvalue weighted by molar-refractivity contribution is 5.60. The minimum absolute atomic E-state index is 0.637. The maximum atomic E-state index is 6.93. The van der Waals surface area contributed by atoms with Gasteiger partial charge in [0.05, 0.1) is 39.5 Å². The summed E-state index contributed by atoms with van der Waals surface area (Å²) in [4.78, 5) is 0. The van der Waals surface area contributed by atoms with Crippen LogP contribution in [0, 0.1) is 0 Å². The van der Waals surface area contributed by atoms with Crippen LogP contribution in [0.5, 0.6) is 23.0 Å². The van der Waals surface area contributed by atoms with Gasteiger partial charge in [0.25, 0.3) is 0 Å². The lowest BCUT2D eigenvalue weighted by molar-refractivity contribution is -0.696. The molecule has 400 valence electrons. The summed E-state index contributed by atoms with van der Waals surface area (Å²) in [5.41, 5.74) is 11.6. The average molecular weight is 1010 g/mol. The van der Waals surface area contributed by atoms with E-state index >= 15 is 0 Å². The number of rotatable bonds is 32. The first-order valence-corrected chi connectivity index (χ1v) is 29.7. The summed E-state index contributed by atoms with van der Waals surface area (Å²) in [6.07, 6.45) is 40.9. The monoisotopic (exact) mass is 1010 g/mol. The summed E-state index contributed by atoms with van der Waals surface area (Å²) in [7, 11) is 0. The summed E-state index contributed by atoms with van der Waals surface area (Å²) < 4.78 is 37.0. The third-order valence-electron chi connectivity index (χ3n) is 14.7. The number of unbranched alkanes of at least 4 members (excludes halogenated alkanes) is 14. The first-order chi connectivity index (χ1) is 36.5. The lowest BCUT2D eigenvalue weighted by atomic mass is 9.90. The van der Waals surface area contributed by atoms with Gasteiger partial charge >= 0.3 is 0 Å². The molecule has 6 aromatic rings. The van der Waals surface area contributed by atoms with E-state index in [9.17, 15) is 0 Å². The van der Waals surface area contributed by atoms with Gasteiger partial charge in [0.2, 0.25) is 12.7 Å². The third-order valence-corrected chi connectivity index (χ3v) is 14.7. The first-order valence-electron chi connectivity index (χ1n) is 29.7. The number of nitrogens with zero attached hydrogens (tertiary/aromatic N) is 4. The van der Waals surface area contributed by atoms with Crippen LogP contribution in [0.1, 0.15) is 214 Å². The Kier molecular flexibility index (Phi) is 23.4. The highest BCUT2D eigenvalue weighted by Gasteiger charge is 2.25. The molecule has 1 aliphatic carbocycles. The van der Waals surface area contributed by atoms with E-state index in [-0.39, 0.29) is 0 Å². The van der Waals surface area contributed by atoms with E-state index in [0.717, 1.165) is 95.4 Å². The topological polar surface area (TPSA) is 54.5 Å². The Morgan fingerprint density at radius 1 is 0.351 bits per heavy atom. The van der Waals surface area contributed by atoms with Gasteiger partial charge in [-0.1, -0.05) is 155 Å². The van der Waals surface area contributed by atoms with Crippen molar-refractivity contribution < 1.29 is 28.1 Å². The lowest BCUT2D eigenvalue weighted by Gasteiger charge is -2.23. The molecule has 74 heavy (non-hydrogen) atoms. The molecule has 4 aromatic carbocycles. The maximum Gasteiger partial charge on any atom is 0.248 e. The molecule has 2 heterocycles. The van der Waals surface area contributed by atoms with Gasteiger partial charge in [-0.25, -0.2) is 18.3 Å². The van der Waals surface area contributed by atoms with Crippen LogP contribution in [0.2, 0.25) is 0 Å². The van der Waals surface area contributed by atoms with Crippen molar-refractivity contribution in [2.75, 3.05) is 26.4 Å². The summed E-state index contributed by atoms with van der Waals surface area (Å²) in [5, 5.41) is 0. The van der Waals surface area contributed by atoms with Crippen molar-refractivity contribution in [1.82, 2.24) is 9.13 Å². The molecule has 8 bridgehead atoms. The zero-order valence-corrected chi connectivity index (χ0v) is 46.9. The molecular weight excluding hydrogens is 913 g/mol. The predicted octanol–water partition coefficient (Wildman–Crippen LogP) is 16.0. The van der Waals surface area contributed by atoms with Crippen molar-refractivity contribution >= 4 is 0 Å². The van der Waals surface area contributed by atoms with Crippen LogP contribution in [0.4, 0.5) is 0 Å². The van der Waals surface area contributed by atoms with E-state index in [0.29, 0.717) is 52.1 Å². The molecule has 2 aromatic heterocycles. The van der Waals surface area contributed by atoms with E-state index in [1.54, 1.807) is 0 Å². The normalized spacial score (nSPS) is 12.3. The standard InChI is InChI=1S/C66H94N4O4/c1-7-13-15-17-19-21-23-25-33-67-35-37-69(51-67)61-47-57-43-53-29-27-31-55(63(53)71-39-9-3)45-59-49-62(70-38-36-68(52-70)34-26-24-22-20-18-16-14-8-2)50-60(66(59)74-42-12-6)46-56-32-28-30-54(64(56)72-40-10-4)44-58(48-61)65(57)73-41-11-5/h27-32,35-38,47-52H,7-26,33-34,39-46H2,1-6H3/q+2. The van der Waals surface area contributed by atoms with E-state index in [1.807, 2.05) is 0 Å². The molecule has 0 atom stereocenters. The van der Waals surface area contributed by atoms with Crippen LogP contribution in [-0.4, -0.2) is 35.6 Å². The number of aromatic nitrogens is 4. The Morgan fingerprint density at radius 2 is 0.635 bits per heavy atom. The number of benzene rings is 4. The smallest absolute Gasteiger partial charge is 0.248 e. The van der Waals surface area contributed by atoms with E-state index in [4.69, 9.17) is 18.9 Å². The zero-order valence-electron chi connectivity index (χ0n) is 46.9. The van der Waals surface area contributed by atoms with Crippen LogP contribution in [0.25, 0.3) is 11.4 Å². The molecule has 0 unspecified atom stereocenters. The van der Waals surface area contributed by atoms with Crippen LogP contribution in [-0.2, 0) is 38.8 Å².